The SMILES string of the molecule is CN1C(=O)c2c(nn(Cc3ccc(S(N)(=O)=O)cc3)c2Nc2ccccc2)N2C1=N[C@@H]1CCCC[C@@H]12. The van der Waals surface area contributed by atoms with Crippen LogP contribution in [0.15, 0.2) is 64.5 Å². The van der Waals surface area contributed by atoms with E-state index >= 15 is 0 Å². The van der Waals surface area contributed by atoms with Crippen molar-refractivity contribution >= 4 is 39.2 Å². The van der Waals surface area contributed by atoms with Gasteiger partial charge in [0.2, 0.25) is 16.0 Å². The Bertz CT molecular complexity index is 1470. The number of carbonyl (C=O) groups excluding carboxylic acids is 1. The maximum atomic E-state index is 13.6. The number of primary sulfonamides is 1. The van der Waals surface area contributed by atoms with Crippen molar-refractivity contribution in [2.75, 3.05) is 17.3 Å². The maximum absolute atomic E-state index is 13.6. The first kappa shape index (κ1) is 22.7. The smallest absolute Gasteiger partial charge is 0.267 e. The molecule has 0 saturated heterocycles. The van der Waals surface area contributed by atoms with Crippen LogP contribution in [-0.2, 0) is 16.6 Å². The van der Waals surface area contributed by atoms with Crippen LogP contribution in [0.3, 0.4) is 0 Å². The van der Waals surface area contributed by atoms with Crippen molar-refractivity contribution in [3.8, 4) is 0 Å². The fourth-order valence-electron chi connectivity index (χ4n) is 5.33. The van der Waals surface area contributed by atoms with E-state index in [1.165, 1.54) is 12.1 Å². The maximum Gasteiger partial charge on any atom is 0.267 e. The molecule has 1 aliphatic carbocycles. The van der Waals surface area contributed by atoms with Gasteiger partial charge < -0.3 is 5.32 Å². The number of rotatable bonds is 5. The molecule has 11 heteroatoms. The van der Waals surface area contributed by atoms with Crippen LogP contribution in [0.1, 0.15) is 41.6 Å². The van der Waals surface area contributed by atoms with Crippen LogP contribution in [0, 0.1) is 0 Å². The second-order valence-corrected chi connectivity index (χ2v) is 11.0. The van der Waals surface area contributed by atoms with Gasteiger partial charge in [-0.05, 0) is 42.7 Å². The third-order valence-electron chi connectivity index (χ3n) is 7.12. The molecule has 10 nitrogen and oxygen atoms in total. The number of carbonyl (C=O) groups is 1. The van der Waals surface area contributed by atoms with Crippen LogP contribution in [0.4, 0.5) is 17.3 Å². The van der Waals surface area contributed by atoms with Gasteiger partial charge in [-0.2, -0.15) is 5.10 Å². The molecule has 2 aliphatic heterocycles. The number of sulfonamides is 1. The molecule has 36 heavy (non-hydrogen) atoms. The Kier molecular flexibility index (Phi) is 5.34. The second kappa shape index (κ2) is 8.45. The minimum atomic E-state index is -3.78. The number of benzene rings is 2. The molecular formula is C25H27N7O3S. The highest BCUT2D eigenvalue weighted by atomic mass is 32.2. The monoisotopic (exact) mass is 505 g/mol. The number of guanidine groups is 1. The summed E-state index contributed by atoms with van der Waals surface area (Å²) in [6.45, 7) is 0.332. The van der Waals surface area contributed by atoms with E-state index in [9.17, 15) is 13.2 Å². The topological polar surface area (TPSA) is 126 Å². The van der Waals surface area contributed by atoms with Crippen molar-refractivity contribution in [2.45, 2.75) is 49.2 Å². The third-order valence-corrected chi connectivity index (χ3v) is 8.05. The zero-order valence-corrected chi connectivity index (χ0v) is 20.6. The van der Waals surface area contributed by atoms with Crippen LogP contribution < -0.4 is 15.4 Å². The molecule has 3 aromatic rings. The molecule has 0 unspecified atom stereocenters. The Morgan fingerprint density at radius 1 is 1.06 bits per heavy atom. The Labute approximate surface area is 209 Å². The lowest BCUT2D eigenvalue weighted by Crippen LogP contribution is -2.52. The van der Waals surface area contributed by atoms with Crippen molar-refractivity contribution < 1.29 is 13.2 Å². The molecular weight excluding hydrogens is 478 g/mol. The van der Waals surface area contributed by atoms with Gasteiger partial charge in [0.05, 0.1) is 23.5 Å². The third kappa shape index (κ3) is 3.75. The molecule has 1 fully saturated rings. The van der Waals surface area contributed by atoms with Crippen molar-refractivity contribution in [1.29, 1.82) is 0 Å². The summed E-state index contributed by atoms with van der Waals surface area (Å²) in [6.07, 6.45) is 4.27. The Morgan fingerprint density at radius 3 is 2.50 bits per heavy atom. The predicted molar refractivity (Wildman–Crippen MR) is 137 cm³/mol. The highest BCUT2D eigenvalue weighted by molar-refractivity contribution is 7.89. The van der Waals surface area contributed by atoms with Gasteiger partial charge in [-0.15, -0.1) is 0 Å². The number of fused-ring (bicyclic) bond motifs is 5. The fraction of sp³-hybridized carbons (Fsp3) is 0.320. The van der Waals surface area contributed by atoms with Crippen LogP contribution in [0.25, 0.3) is 0 Å². The average molecular weight is 506 g/mol. The van der Waals surface area contributed by atoms with Crippen molar-refractivity contribution in [2.24, 2.45) is 10.1 Å². The number of para-hydroxylation sites is 1. The summed E-state index contributed by atoms with van der Waals surface area (Å²) < 4.78 is 25.1. The van der Waals surface area contributed by atoms with E-state index < -0.39 is 10.0 Å². The van der Waals surface area contributed by atoms with Crippen molar-refractivity contribution in [3.05, 3.63) is 65.7 Å². The molecule has 3 aliphatic rings. The van der Waals surface area contributed by atoms with Crippen LogP contribution in [0.2, 0.25) is 0 Å². The summed E-state index contributed by atoms with van der Waals surface area (Å²) in [4.78, 5) is 22.4. The number of nitrogens with zero attached hydrogens (tertiary/aromatic N) is 5. The van der Waals surface area contributed by atoms with Crippen LogP contribution in [0.5, 0.6) is 0 Å². The predicted octanol–water partition coefficient (Wildman–Crippen LogP) is 2.90. The highest BCUT2D eigenvalue weighted by Crippen LogP contribution is 2.42. The lowest BCUT2D eigenvalue weighted by Gasteiger charge is -2.36. The molecule has 0 radical (unpaired) electrons. The molecule has 1 amide bonds. The molecule has 186 valence electrons. The number of aliphatic imine (C=N–C) groups is 1. The Morgan fingerprint density at radius 2 is 1.78 bits per heavy atom. The number of nitrogens with one attached hydrogen (secondary N) is 1. The Hall–Kier alpha value is -3.70. The summed E-state index contributed by atoms with van der Waals surface area (Å²) in [5, 5.41) is 13.6. The molecule has 3 N–H and O–H groups in total. The second-order valence-electron chi connectivity index (χ2n) is 9.47. The van der Waals surface area contributed by atoms with Gasteiger partial charge in [0.25, 0.3) is 5.91 Å². The number of hydrogen-bond acceptors (Lipinski definition) is 7. The van der Waals surface area contributed by atoms with Gasteiger partial charge in [0.1, 0.15) is 11.4 Å². The highest BCUT2D eigenvalue weighted by Gasteiger charge is 2.48. The zero-order chi connectivity index (χ0) is 25.0. The number of hydrogen-bond donors (Lipinski definition) is 2. The summed E-state index contributed by atoms with van der Waals surface area (Å²) in [5.41, 5.74) is 2.16. The van der Waals surface area contributed by atoms with E-state index in [4.69, 9.17) is 15.2 Å². The summed E-state index contributed by atoms with van der Waals surface area (Å²) in [7, 11) is -2.02. The Balaban J connectivity index is 1.46. The van der Waals surface area contributed by atoms with E-state index in [2.05, 4.69) is 10.2 Å². The van der Waals surface area contributed by atoms with Gasteiger partial charge in [-0.3, -0.25) is 14.6 Å². The first-order valence-corrected chi connectivity index (χ1v) is 13.6. The van der Waals surface area contributed by atoms with E-state index in [-0.39, 0.29) is 22.9 Å². The molecule has 0 bridgehead atoms. The number of aromatic nitrogens is 2. The van der Waals surface area contributed by atoms with E-state index in [0.717, 1.165) is 36.9 Å². The summed E-state index contributed by atoms with van der Waals surface area (Å²) in [5.74, 6) is 1.71. The fourth-order valence-corrected chi connectivity index (χ4v) is 5.85. The molecule has 0 spiro atoms. The quantitative estimate of drug-likeness (QED) is 0.549. The van der Waals surface area contributed by atoms with Crippen LogP contribution in [-0.4, -0.2) is 54.1 Å². The minimum absolute atomic E-state index is 0.0479. The molecule has 2 aromatic carbocycles. The van der Waals surface area contributed by atoms with E-state index in [1.807, 2.05) is 30.3 Å². The van der Waals surface area contributed by atoms with Crippen LogP contribution >= 0.6 is 0 Å². The van der Waals surface area contributed by atoms with E-state index in [0.29, 0.717) is 29.7 Å². The normalized spacial score (nSPS) is 21.1. The molecule has 2 atom stereocenters. The molecule has 6 rings (SSSR count). The van der Waals surface area contributed by atoms with Gasteiger partial charge in [0.15, 0.2) is 5.82 Å². The zero-order valence-electron chi connectivity index (χ0n) is 19.8. The molecule has 1 saturated carbocycles. The molecule has 3 heterocycles. The first-order valence-electron chi connectivity index (χ1n) is 12.0. The van der Waals surface area contributed by atoms with Crippen molar-refractivity contribution in [1.82, 2.24) is 14.7 Å². The standard InChI is InChI=1S/C25H27N7O3S/c1-30-24(33)21-22(27-17-7-3-2-4-8-17)31(15-16-11-13-18(14-12-16)36(26,34)35)29-23(21)32-20-10-6-5-9-19(20)28-25(30)32/h2-4,7-8,11-14,19-20,27H,5-6,9-10,15H2,1H3,(H2,26,34,35)/t19-,20+/m1/s1. The summed E-state index contributed by atoms with van der Waals surface area (Å²) >= 11 is 0. The molecule has 1 aromatic heterocycles. The van der Waals surface area contributed by atoms with Gasteiger partial charge in [-0.25, -0.2) is 23.2 Å². The lowest BCUT2D eigenvalue weighted by molar-refractivity contribution is 0.0866. The number of amides is 1. The van der Waals surface area contributed by atoms with Gasteiger partial charge in [-0.1, -0.05) is 43.2 Å². The van der Waals surface area contributed by atoms with Crippen molar-refractivity contribution in [3.63, 3.8) is 0 Å². The van der Waals surface area contributed by atoms with E-state index in [1.54, 1.807) is 28.8 Å². The lowest BCUT2D eigenvalue weighted by atomic mass is 9.90. The summed E-state index contributed by atoms with van der Waals surface area (Å²) in [6, 6.07) is 16.4. The number of anilines is 3. The van der Waals surface area contributed by atoms with Gasteiger partial charge in [0, 0.05) is 12.7 Å². The average Bonchev–Trinajstić information content (AvgIpc) is 3.42. The first-order chi connectivity index (χ1) is 17.3. The largest absolute Gasteiger partial charge is 0.340 e. The number of nitrogens with two attached hydrogens (primary N) is 1. The van der Waals surface area contributed by atoms with Gasteiger partial charge >= 0.3 is 0 Å². The minimum Gasteiger partial charge on any atom is -0.340 e.